The van der Waals surface area contributed by atoms with Gasteiger partial charge in [-0.3, -0.25) is 0 Å². The van der Waals surface area contributed by atoms with Crippen molar-refractivity contribution >= 4 is 5.82 Å². The zero-order valence-corrected chi connectivity index (χ0v) is 11.6. The van der Waals surface area contributed by atoms with E-state index in [0.29, 0.717) is 11.8 Å². The van der Waals surface area contributed by atoms with Crippen molar-refractivity contribution < 1.29 is 9.47 Å². The van der Waals surface area contributed by atoms with Gasteiger partial charge in [-0.15, -0.1) is 0 Å². The third-order valence-corrected chi connectivity index (χ3v) is 3.30. The summed E-state index contributed by atoms with van der Waals surface area (Å²) in [6.45, 7) is 6.57. The molecule has 1 fully saturated rings. The van der Waals surface area contributed by atoms with Gasteiger partial charge >= 0.3 is 0 Å². The fourth-order valence-electron chi connectivity index (χ4n) is 2.36. The number of ether oxygens (including phenoxy) is 2. The summed E-state index contributed by atoms with van der Waals surface area (Å²) < 4.78 is 10.7. The van der Waals surface area contributed by atoms with Crippen LogP contribution in [0.25, 0.3) is 0 Å². The fourth-order valence-corrected chi connectivity index (χ4v) is 2.36. The highest BCUT2D eigenvalue weighted by Crippen LogP contribution is 2.25. The zero-order valence-electron chi connectivity index (χ0n) is 11.6. The second-order valence-electron chi connectivity index (χ2n) is 4.84. The minimum atomic E-state index is 0.593. The van der Waals surface area contributed by atoms with Crippen molar-refractivity contribution in [2.24, 2.45) is 5.92 Å². The summed E-state index contributed by atoms with van der Waals surface area (Å²) in [6, 6.07) is 0. The van der Waals surface area contributed by atoms with Crippen LogP contribution in [-0.2, 0) is 4.74 Å². The van der Waals surface area contributed by atoms with Gasteiger partial charge in [0.15, 0.2) is 0 Å². The van der Waals surface area contributed by atoms with Gasteiger partial charge in [0.05, 0.1) is 19.3 Å². The molecule has 0 amide bonds. The molecule has 0 radical (unpaired) electrons. The number of anilines is 1. The van der Waals surface area contributed by atoms with Crippen LogP contribution in [-0.4, -0.2) is 43.9 Å². The summed E-state index contributed by atoms with van der Waals surface area (Å²) in [6.07, 6.45) is 1.13. The topological polar surface area (TPSA) is 47.5 Å². The van der Waals surface area contributed by atoms with Crippen LogP contribution in [0.3, 0.4) is 0 Å². The van der Waals surface area contributed by atoms with Gasteiger partial charge in [-0.2, -0.15) is 4.98 Å². The summed E-state index contributed by atoms with van der Waals surface area (Å²) in [5, 5.41) is 0. The minimum absolute atomic E-state index is 0.593. The van der Waals surface area contributed by atoms with Crippen LogP contribution in [0.15, 0.2) is 0 Å². The number of nitrogens with zero attached hydrogens (tertiary/aromatic N) is 3. The Balaban J connectivity index is 2.17. The summed E-state index contributed by atoms with van der Waals surface area (Å²) in [7, 11) is 3.70. The van der Waals surface area contributed by atoms with Crippen LogP contribution < -0.4 is 9.64 Å². The van der Waals surface area contributed by atoms with Crippen molar-refractivity contribution in [1.29, 1.82) is 0 Å². The van der Waals surface area contributed by atoms with E-state index in [-0.39, 0.29) is 0 Å². The maximum atomic E-state index is 5.41. The maximum absolute atomic E-state index is 5.41. The van der Waals surface area contributed by atoms with E-state index >= 15 is 0 Å². The first kappa shape index (κ1) is 13.1. The van der Waals surface area contributed by atoms with Crippen LogP contribution in [0.4, 0.5) is 5.82 Å². The molecule has 0 saturated carbocycles. The molecule has 2 rings (SSSR count). The highest BCUT2D eigenvalue weighted by molar-refractivity contribution is 5.50. The Morgan fingerprint density at radius 3 is 2.78 bits per heavy atom. The number of aromatic nitrogens is 2. The van der Waals surface area contributed by atoms with Crippen LogP contribution in [0.2, 0.25) is 0 Å². The molecule has 1 aromatic rings. The van der Waals surface area contributed by atoms with E-state index in [1.54, 1.807) is 7.11 Å². The standard InChI is InChI=1S/C13H21N3O2/c1-9-12(14-10(2)15-13(9)17-4)16(3)7-11-5-6-18-8-11/h11H,5-8H2,1-4H3. The lowest BCUT2D eigenvalue weighted by Gasteiger charge is -2.23. The second-order valence-corrected chi connectivity index (χ2v) is 4.84. The quantitative estimate of drug-likeness (QED) is 0.813. The molecule has 5 nitrogen and oxygen atoms in total. The van der Waals surface area contributed by atoms with Gasteiger partial charge in [-0.25, -0.2) is 4.98 Å². The second kappa shape index (κ2) is 5.52. The molecule has 100 valence electrons. The number of aryl methyl sites for hydroxylation is 1. The van der Waals surface area contributed by atoms with E-state index in [2.05, 4.69) is 21.9 Å². The smallest absolute Gasteiger partial charge is 0.221 e. The van der Waals surface area contributed by atoms with Crippen molar-refractivity contribution in [2.45, 2.75) is 20.3 Å². The van der Waals surface area contributed by atoms with Crippen LogP contribution in [0, 0.1) is 19.8 Å². The number of rotatable bonds is 4. The SMILES string of the molecule is COc1nc(C)nc(N(C)CC2CCOC2)c1C. The fraction of sp³-hybridized carbons (Fsp3) is 0.692. The number of hydrogen-bond donors (Lipinski definition) is 0. The Morgan fingerprint density at radius 2 is 2.17 bits per heavy atom. The molecule has 2 heterocycles. The van der Waals surface area contributed by atoms with Gasteiger partial charge in [0.2, 0.25) is 5.88 Å². The van der Waals surface area contributed by atoms with E-state index in [4.69, 9.17) is 9.47 Å². The highest BCUT2D eigenvalue weighted by atomic mass is 16.5. The molecule has 1 saturated heterocycles. The molecular weight excluding hydrogens is 230 g/mol. The average Bonchev–Trinajstić information content (AvgIpc) is 2.84. The van der Waals surface area contributed by atoms with Gasteiger partial charge < -0.3 is 14.4 Å². The van der Waals surface area contributed by atoms with Gasteiger partial charge in [-0.1, -0.05) is 0 Å². The molecule has 1 aromatic heterocycles. The molecule has 1 atom stereocenters. The summed E-state index contributed by atoms with van der Waals surface area (Å²) in [5.41, 5.74) is 0.990. The molecule has 0 N–H and O–H groups in total. The molecule has 0 aliphatic carbocycles. The molecule has 1 aliphatic rings. The number of methoxy groups -OCH3 is 1. The first-order chi connectivity index (χ1) is 8.61. The molecular formula is C13H21N3O2. The Labute approximate surface area is 108 Å². The van der Waals surface area contributed by atoms with Crippen LogP contribution >= 0.6 is 0 Å². The third-order valence-electron chi connectivity index (χ3n) is 3.30. The van der Waals surface area contributed by atoms with E-state index in [9.17, 15) is 0 Å². The average molecular weight is 251 g/mol. The maximum Gasteiger partial charge on any atom is 0.221 e. The zero-order chi connectivity index (χ0) is 13.1. The van der Waals surface area contributed by atoms with E-state index in [0.717, 1.165) is 43.4 Å². The Kier molecular flexibility index (Phi) is 4.01. The molecule has 18 heavy (non-hydrogen) atoms. The molecule has 1 unspecified atom stereocenters. The molecule has 0 aromatic carbocycles. The molecule has 1 aliphatic heterocycles. The van der Waals surface area contributed by atoms with E-state index in [1.807, 2.05) is 13.8 Å². The predicted molar refractivity (Wildman–Crippen MR) is 70.3 cm³/mol. The van der Waals surface area contributed by atoms with Gasteiger partial charge in [-0.05, 0) is 20.3 Å². The van der Waals surface area contributed by atoms with Gasteiger partial charge in [0, 0.05) is 26.1 Å². The van der Waals surface area contributed by atoms with E-state index < -0.39 is 0 Å². The summed E-state index contributed by atoms with van der Waals surface area (Å²) >= 11 is 0. The normalized spacial score (nSPS) is 19.0. The Morgan fingerprint density at radius 1 is 1.39 bits per heavy atom. The van der Waals surface area contributed by atoms with Gasteiger partial charge in [0.1, 0.15) is 11.6 Å². The number of hydrogen-bond acceptors (Lipinski definition) is 5. The van der Waals surface area contributed by atoms with E-state index in [1.165, 1.54) is 0 Å². The summed E-state index contributed by atoms with van der Waals surface area (Å²) in [4.78, 5) is 11.0. The molecule has 0 spiro atoms. The van der Waals surface area contributed by atoms with Crippen molar-refractivity contribution in [3.63, 3.8) is 0 Å². The molecule has 5 heteroatoms. The third kappa shape index (κ3) is 2.72. The van der Waals surface area contributed by atoms with Crippen molar-refractivity contribution in [3.05, 3.63) is 11.4 Å². The van der Waals surface area contributed by atoms with Gasteiger partial charge in [0.25, 0.3) is 0 Å². The van der Waals surface area contributed by atoms with Crippen LogP contribution in [0.1, 0.15) is 17.8 Å². The predicted octanol–water partition coefficient (Wildman–Crippen LogP) is 1.57. The lowest BCUT2D eigenvalue weighted by atomic mass is 10.1. The molecule has 0 bridgehead atoms. The minimum Gasteiger partial charge on any atom is -0.481 e. The first-order valence-corrected chi connectivity index (χ1v) is 6.30. The lowest BCUT2D eigenvalue weighted by Crippen LogP contribution is -2.27. The Hall–Kier alpha value is -1.36. The van der Waals surface area contributed by atoms with Crippen molar-refractivity contribution in [2.75, 3.05) is 38.8 Å². The first-order valence-electron chi connectivity index (χ1n) is 6.30. The van der Waals surface area contributed by atoms with Crippen molar-refractivity contribution in [1.82, 2.24) is 9.97 Å². The largest absolute Gasteiger partial charge is 0.481 e. The van der Waals surface area contributed by atoms with Crippen molar-refractivity contribution in [3.8, 4) is 5.88 Å². The monoisotopic (exact) mass is 251 g/mol. The highest BCUT2D eigenvalue weighted by Gasteiger charge is 2.20. The summed E-state index contributed by atoms with van der Waals surface area (Å²) in [5.74, 6) is 2.94. The Bertz CT molecular complexity index is 417. The van der Waals surface area contributed by atoms with Crippen LogP contribution in [0.5, 0.6) is 5.88 Å². The lowest BCUT2D eigenvalue weighted by molar-refractivity contribution is 0.186.